The molecule has 0 bridgehead atoms. The first-order valence-corrected chi connectivity index (χ1v) is 8.73. The van der Waals surface area contributed by atoms with E-state index in [9.17, 15) is 0 Å². The molecule has 1 aromatic rings. The van der Waals surface area contributed by atoms with Crippen molar-refractivity contribution in [3.8, 4) is 6.01 Å². The van der Waals surface area contributed by atoms with E-state index in [0.29, 0.717) is 29.9 Å². The topological polar surface area (TPSA) is 59.9 Å². The molecule has 0 spiro atoms. The van der Waals surface area contributed by atoms with Crippen LogP contribution in [0.2, 0.25) is 5.28 Å². The van der Waals surface area contributed by atoms with E-state index in [2.05, 4.69) is 26.5 Å². The van der Waals surface area contributed by atoms with Gasteiger partial charge in [-0.3, -0.25) is 0 Å². The van der Waals surface area contributed by atoms with Gasteiger partial charge in [0.25, 0.3) is 0 Å². The van der Waals surface area contributed by atoms with Gasteiger partial charge in [-0.2, -0.15) is 26.7 Å². The first-order chi connectivity index (χ1) is 9.72. The number of hydrogen-bond acceptors (Lipinski definition) is 6. The van der Waals surface area contributed by atoms with Crippen molar-refractivity contribution in [2.45, 2.75) is 50.3 Å². The molecule has 1 aliphatic carbocycles. The molecule has 0 radical (unpaired) electrons. The molecule has 1 heterocycles. The number of halogens is 1. The molecule has 5 nitrogen and oxygen atoms in total. The molecule has 2 unspecified atom stereocenters. The quantitative estimate of drug-likeness (QED) is 0.868. The maximum Gasteiger partial charge on any atom is 0.322 e. The van der Waals surface area contributed by atoms with Gasteiger partial charge in [-0.25, -0.2) is 0 Å². The van der Waals surface area contributed by atoms with E-state index in [-0.39, 0.29) is 5.28 Å². The molecular formula is C13H21ClN4OS. The Hall–Kier alpha value is -0.750. The fourth-order valence-corrected chi connectivity index (χ4v) is 3.45. The fourth-order valence-electron chi connectivity index (χ4n) is 2.36. The van der Waals surface area contributed by atoms with Gasteiger partial charge in [0.1, 0.15) is 0 Å². The third-order valence-electron chi connectivity index (χ3n) is 3.34. The zero-order valence-corrected chi connectivity index (χ0v) is 13.5. The van der Waals surface area contributed by atoms with E-state index in [1.807, 2.05) is 18.7 Å². The van der Waals surface area contributed by atoms with Crippen molar-refractivity contribution in [2.24, 2.45) is 0 Å². The maximum atomic E-state index is 5.93. The highest BCUT2D eigenvalue weighted by molar-refractivity contribution is 7.99. The van der Waals surface area contributed by atoms with Gasteiger partial charge in [-0.05, 0) is 37.1 Å². The molecule has 2 rings (SSSR count). The number of ether oxygens (including phenoxy) is 1. The van der Waals surface area contributed by atoms with Crippen molar-refractivity contribution in [1.29, 1.82) is 0 Å². The molecule has 0 aromatic carbocycles. The normalized spacial score (nSPS) is 22.6. The summed E-state index contributed by atoms with van der Waals surface area (Å²) in [5, 5.41) is 4.16. The highest BCUT2D eigenvalue weighted by atomic mass is 35.5. The fraction of sp³-hybridized carbons (Fsp3) is 0.769. The van der Waals surface area contributed by atoms with Gasteiger partial charge in [0, 0.05) is 11.3 Å². The molecule has 1 fully saturated rings. The molecular weight excluding hydrogens is 296 g/mol. The highest BCUT2D eigenvalue weighted by Gasteiger charge is 2.25. The van der Waals surface area contributed by atoms with Crippen LogP contribution in [0.1, 0.15) is 39.0 Å². The van der Waals surface area contributed by atoms with Crippen molar-refractivity contribution in [1.82, 2.24) is 15.0 Å². The number of nitrogens with zero attached hydrogens (tertiary/aromatic N) is 3. The van der Waals surface area contributed by atoms with Crippen LogP contribution in [0.15, 0.2) is 0 Å². The molecule has 112 valence electrons. The number of anilines is 1. The van der Waals surface area contributed by atoms with Crippen molar-refractivity contribution in [2.75, 3.05) is 18.2 Å². The molecule has 1 saturated carbocycles. The van der Waals surface area contributed by atoms with Gasteiger partial charge in [0.05, 0.1) is 6.61 Å². The van der Waals surface area contributed by atoms with Gasteiger partial charge in [-0.15, -0.1) is 0 Å². The van der Waals surface area contributed by atoms with Crippen LogP contribution in [0.5, 0.6) is 6.01 Å². The summed E-state index contributed by atoms with van der Waals surface area (Å²) in [5.41, 5.74) is 0. The summed E-state index contributed by atoms with van der Waals surface area (Å²) in [6.07, 6.45) is 7.97. The van der Waals surface area contributed by atoms with Crippen LogP contribution in [0, 0.1) is 0 Å². The minimum absolute atomic E-state index is 0.171. The molecule has 20 heavy (non-hydrogen) atoms. The Labute approximate surface area is 129 Å². The third kappa shape index (κ3) is 4.38. The number of nitrogens with one attached hydrogen (secondary N) is 1. The van der Waals surface area contributed by atoms with Gasteiger partial charge < -0.3 is 10.1 Å². The highest BCUT2D eigenvalue weighted by Crippen LogP contribution is 2.29. The Kier molecular flexibility index (Phi) is 6.16. The van der Waals surface area contributed by atoms with Crippen molar-refractivity contribution < 1.29 is 4.74 Å². The molecule has 1 N–H and O–H groups in total. The Morgan fingerprint density at radius 1 is 1.30 bits per heavy atom. The Morgan fingerprint density at radius 3 is 2.85 bits per heavy atom. The van der Waals surface area contributed by atoms with E-state index in [1.165, 1.54) is 19.3 Å². The maximum absolute atomic E-state index is 5.93. The summed E-state index contributed by atoms with van der Waals surface area (Å²) in [4.78, 5) is 12.4. The predicted molar refractivity (Wildman–Crippen MR) is 83.8 cm³/mol. The summed E-state index contributed by atoms with van der Waals surface area (Å²) in [7, 11) is 0. The minimum atomic E-state index is 0.171. The second-order valence-electron chi connectivity index (χ2n) is 4.87. The second-order valence-corrected chi connectivity index (χ2v) is 6.28. The SMILES string of the molecule is CCCOc1nc(Cl)nc(NC2CCCCC2SC)n1. The van der Waals surface area contributed by atoms with Gasteiger partial charge in [0.2, 0.25) is 11.2 Å². The van der Waals surface area contributed by atoms with Crippen LogP contribution < -0.4 is 10.1 Å². The summed E-state index contributed by atoms with van der Waals surface area (Å²) >= 11 is 7.83. The summed E-state index contributed by atoms with van der Waals surface area (Å²) < 4.78 is 5.43. The molecule has 1 aliphatic rings. The predicted octanol–water partition coefficient (Wildman–Crippen LogP) is 3.40. The molecule has 0 saturated heterocycles. The van der Waals surface area contributed by atoms with E-state index in [1.54, 1.807) is 0 Å². The van der Waals surface area contributed by atoms with Crippen molar-refractivity contribution in [3.63, 3.8) is 0 Å². The summed E-state index contributed by atoms with van der Waals surface area (Å²) in [5.74, 6) is 0.516. The number of thioether (sulfide) groups is 1. The Morgan fingerprint density at radius 2 is 2.10 bits per heavy atom. The van der Waals surface area contributed by atoms with Gasteiger partial charge in [0.15, 0.2) is 0 Å². The minimum Gasteiger partial charge on any atom is -0.463 e. The lowest BCUT2D eigenvalue weighted by Crippen LogP contribution is -2.35. The third-order valence-corrected chi connectivity index (χ3v) is 4.68. The van der Waals surface area contributed by atoms with Crippen molar-refractivity contribution in [3.05, 3.63) is 5.28 Å². The average molecular weight is 317 g/mol. The summed E-state index contributed by atoms with van der Waals surface area (Å²) in [6, 6.07) is 0.683. The van der Waals surface area contributed by atoms with E-state index in [4.69, 9.17) is 16.3 Å². The van der Waals surface area contributed by atoms with Gasteiger partial charge in [-0.1, -0.05) is 19.8 Å². The molecule has 7 heteroatoms. The van der Waals surface area contributed by atoms with Crippen LogP contribution in [-0.2, 0) is 0 Å². The Bertz CT molecular complexity index is 435. The zero-order valence-electron chi connectivity index (χ0n) is 11.9. The first-order valence-electron chi connectivity index (χ1n) is 7.06. The van der Waals surface area contributed by atoms with Crippen LogP contribution in [-0.4, -0.2) is 39.1 Å². The Balaban J connectivity index is 2.05. The monoisotopic (exact) mass is 316 g/mol. The molecule has 2 atom stereocenters. The standard InChI is InChI=1S/C13H21ClN4OS/c1-3-8-19-13-17-11(14)16-12(18-13)15-9-6-4-5-7-10(9)20-2/h9-10H,3-8H2,1-2H3,(H,15,16,17,18). The van der Waals surface area contributed by atoms with Crippen molar-refractivity contribution >= 4 is 29.3 Å². The lowest BCUT2D eigenvalue weighted by Gasteiger charge is -2.30. The molecule has 0 aliphatic heterocycles. The molecule has 0 amide bonds. The van der Waals surface area contributed by atoms with Gasteiger partial charge >= 0.3 is 6.01 Å². The lowest BCUT2D eigenvalue weighted by atomic mass is 9.95. The van der Waals surface area contributed by atoms with Crippen LogP contribution in [0.3, 0.4) is 0 Å². The largest absolute Gasteiger partial charge is 0.463 e. The van der Waals surface area contributed by atoms with E-state index >= 15 is 0 Å². The number of hydrogen-bond donors (Lipinski definition) is 1. The second kappa shape index (κ2) is 7.88. The first kappa shape index (κ1) is 15.6. The summed E-state index contributed by atoms with van der Waals surface area (Å²) in [6.45, 7) is 2.61. The number of aromatic nitrogens is 3. The smallest absolute Gasteiger partial charge is 0.322 e. The van der Waals surface area contributed by atoms with Crippen LogP contribution in [0.4, 0.5) is 5.95 Å². The van der Waals surface area contributed by atoms with Crippen LogP contribution in [0.25, 0.3) is 0 Å². The molecule has 1 aromatic heterocycles. The van der Waals surface area contributed by atoms with E-state index < -0.39 is 0 Å². The zero-order chi connectivity index (χ0) is 14.4. The number of rotatable bonds is 6. The average Bonchev–Trinajstić information content (AvgIpc) is 2.45. The van der Waals surface area contributed by atoms with Crippen LogP contribution >= 0.6 is 23.4 Å². The lowest BCUT2D eigenvalue weighted by molar-refractivity contribution is 0.291. The van der Waals surface area contributed by atoms with E-state index in [0.717, 1.165) is 12.8 Å².